The fourth-order valence-electron chi connectivity index (χ4n) is 2.68. The highest BCUT2D eigenvalue weighted by Gasteiger charge is 2.09. The van der Waals surface area contributed by atoms with E-state index in [4.69, 9.17) is 5.73 Å². The lowest BCUT2D eigenvalue weighted by atomic mass is 10.1. The number of aryl methyl sites for hydroxylation is 2. The highest BCUT2D eigenvalue weighted by molar-refractivity contribution is 5.96. The Kier molecular flexibility index (Phi) is 4.29. The van der Waals surface area contributed by atoms with Crippen LogP contribution in [0.2, 0.25) is 0 Å². The number of hydrogen-bond acceptors (Lipinski definition) is 3. The van der Waals surface area contributed by atoms with Gasteiger partial charge in [0.1, 0.15) is 0 Å². The summed E-state index contributed by atoms with van der Waals surface area (Å²) in [5.41, 5.74) is 8.32. The van der Waals surface area contributed by atoms with Crippen molar-refractivity contribution in [2.45, 2.75) is 19.9 Å². The smallest absolute Gasteiger partial charge is 0.248 e. The van der Waals surface area contributed by atoms with Gasteiger partial charge in [-0.25, -0.2) is 0 Å². The molecule has 2 aromatic carbocycles. The molecule has 0 unspecified atom stereocenters. The topological polar surface area (TPSA) is 90.0 Å². The summed E-state index contributed by atoms with van der Waals surface area (Å²) in [7, 11) is 0. The minimum absolute atomic E-state index is 0.145. The van der Waals surface area contributed by atoms with E-state index in [1.54, 1.807) is 30.5 Å². The Morgan fingerprint density at radius 1 is 1.21 bits per heavy atom. The predicted molar refractivity (Wildman–Crippen MR) is 92.7 cm³/mol. The van der Waals surface area contributed by atoms with Crippen molar-refractivity contribution in [1.29, 1.82) is 0 Å². The van der Waals surface area contributed by atoms with E-state index < -0.39 is 5.91 Å². The number of hydrogen-bond donors (Lipinski definition) is 2. The van der Waals surface area contributed by atoms with Crippen LogP contribution < -0.4 is 11.1 Å². The second-order valence-corrected chi connectivity index (χ2v) is 5.62. The van der Waals surface area contributed by atoms with Crippen molar-refractivity contribution in [3.05, 3.63) is 59.8 Å². The Hall–Kier alpha value is -3.15. The van der Waals surface area contributed by atoms with Gasteiger partial charge in [0.2, 0.25) is 11.8 Å². The van der Waals surface area contributed by atoms with Crippen molar-refractivity contribution < 1.29 is 9.59 Å². The number of para-hydroxylation sites is 1. The second kappa shape index (κ2) is 6.54. The lowest BCUT2D eigenvalue weighted by molar-refractivity contribution is -0.116. The van der Waals surface area contributed by atoms with Crippen LogP contribution in [-0.4, -0.2) is 21.6 Å². The van der Waals surface area contributed by atoms with Crippen LogP contribution in [0.15, 0.2) is 48.7 Å². The molecule has 0 fully saturated rings. The van der Waals surface area contributed by atoms with Gasteiger partial charge in [-0.3, -0.25) is 14.3 Å². The third-order valence-electron chi connectivity index (χ3n) is 3.84. The fraction of sp³-hybridized carbons (Fsp3) is 0.167. The maximum Gasteiger partial charge on any atom is 0.248 e. The van der Waals surface area contributed by atoms with E-state index in [0.717, 1.165) is 16.5 Å². The molecule has 0 aliphatic heterocycles. The molecule has 0 spiro atoms. The van der Waals surface area contributed by atoms with Gasteiger partial charge in [-0.2, -0.15) is 5.10 Å². The average Bonchev–Trinajstić information content (AvgIpc) is 2.98. The summed E-state index contributed by atoms with van der Waals surface area (Å²) in [4.78, 5) is 23.3. The number of nitrogens with zero attached hydrogens (tertiary/aromatic N) is 2. The van der Waals surface area contributed by atoms with E-state index in [1.807, 2.05) is 29.8 Å². The van der Waals surface area contributed by atoms with Gasteiger partial charge in [0.15, 0.2) is 0 Å². The Morgan fingerprint density at radius 3 is 2.79 bits per heavy atom. The molecule has 3 aromatic rings. The van der Waals surface area contributed by atoms with Crippen molar-refractivity contribution in [2.24, 2.45) is 5.73 Å². The quantitative estimate of drug-likeness (QED) is 0.756. The first-order valence-corrected chi connectivity index (χ1v) is 7.65. The van der Waals surface area contributed by atoms with Gasteiger partial charge >= 0.3 is 0 Å². The van der Waals surface area contributed by atoms with Crippen LogP contribution in [0.3, 0.4) is 0 Å². The van der Waals surface area contributed by atoms with Crippen LogP contribution in [0.5, 0.6) is 0 Å². The minimum atomic E-state index is -0.524. The number of fused-ring (bicyclic) bond motifs is 1. The molecule has 0 bridgehead atoms. The van der Waals surface area contributed by atoms with Gasteiger partial charge < -0.3 is 11.1 Å². The zero-order chi connectivity index (χ0) is 17.1. The Morgan fingerprint density at radius 2 is 2.00 bits per heavy atom. The number of nitrogens with two attached hydrogens (primary N) is 1. The number of carbonyl (C=O) groups excluding carboxylic acids is 2. The molecular formula is C18H18N4O2. The zero-order valence-electron chi connectivity index (χ0n) is 13.3. The molecule has 1 aromatic heterocycles. The van der Waals surface area contributed by atoms with Gasteiger partial charge in [0.25, 0.3) is 0 Å². The number of rotatable bonds is 5. The van der Waals surface area contributed by atoms with Gasteiger partial charge in [0, 0.05) is 23.1 Å². The van der Waals surface area contributed by atoms with Gasteiger partial charge in [-0.05, 0) is 30.7 Å². The lowest BCUT2D eigenvalue weighted by Crippen LogP contribution is -2.16. The number of primary amides is 1. The monoisotopic (exact) mass is 322 g/mol. The van der Waals surface area contributed by atoms with Crippen molar-refractivity contribution in [1.82, 2.24) is 9.78 Å². The Labute approximate surface area is 139 Å². The molecule has 122 valence electrons. The van der Waals surface area contributed by atoms with E-state index >= 15 is 0 Å². The third kappa shape index (κ3) is 3.27. The van der Waals surface area contributed by atoms with Crippen LogP contribution in [-0.2, 0) is 11.3 Å². The second-order valence-electron chi connectivity index (χ2n) is 5.62. The highest BCUT2D eigenvalue weighted by atomic mass is 16.2. The Bertz CT molecular complexity index is 914. The van der Waals surface area contributed by atoms with Crippen LogP contribution in [0, 0.1) is 6.92 Å². The molecule has 1 heterocycles. The normalized spacial score (nSPS) is 10.7. The molecule has 6 nitrogen and oxygen atoms in total. The summed E-state index contributed by atoms with van der Waals surface area (Å²) >= 11 is 0. The first-order chi connectivity index (χ1) is 11.5. The summed E-state index contributed by atoms with van der Waals surface area (Å²) in [6, 6.07) is 12.6. The van der Waals surface area contributed by atoms with Crippen LogP contribution in [0.25, 0.3) is 10.9 Å². The summed E-state index contributed by atoms with van der Waals surface area (Å²) in [6.07, 6.45) is 2.09. The average molecular weight is 322 g/mol. The van der Waals surface area contributed by atoms with Gasteiger partial charge in [-0.15, -0.1) is 0 Å². The first-order valence-electron chi connectivity index (χ1n) is 7.65. The summed E-state index contributed by atoms with van der Waals surface area (Å²) in [5.74, 6) is -0.668. The molecule has 0 saturated heterocycles. The fourth-order valence-corrected chi connectivity index (χ4v) is 2.68. The van der Waals surface area contributed by atoms with E-state index in [1.165, 1.54) is 0 Å². The number of carbonyl (C=O) groups is 2. The predicted octanol–water partition coefficient (Wildman–Crippen LogP) is 2.47. The summed E-state index contributed by atoms with van der Waals surface area (Å²) < 4.78 is 1.84. The minimum Gasteiger partial charge on any atom is -0.366 e. The number of aromatic nitrogens is 2. The van der Waals surface area contributed by atoms with E-state index in [0.29, 0.717) is 17.8 Å². The Balaban J connectivity index is 1.67. The maximum atomic E-state index is 12.1. The van der Waals surface area contributed by atoms with Crippen LogP contribution in [0.1, 0.15) is 22.3 Å². The molecule has 0 aliphatic carbocycles. The van der Waals surface area contributed by atoms with E-state index in [9.17, 15) is 9.59 Å². The molecule has 3 rings (SSSR count). The molecule has 0 saturated carbocycles. The molecule has 6 heteroatoms. The SMILES string of the molecule is Cc1cccc2cnn(CCC(=O)Nc3cccc(C(N)=O)c3)c12. The molecule has 0 atom stereocenters. The van der Waals surface area contributed by atoms with Gasteiger partial charge in [0.05, 0.1) is 18.3 Å². The first kappa shape index (κ1) is 15.7. The third-order valence-corrected chi connectivity index (χ3v) is 3.84. The highest BCUT2D eigenvalue weighted by Crippen LogP contribution is 2.18. The number of nitrogens with one attached hydrogen (secondary N) is 1. The molecule has 3 N–H and O–H groups in total. The molecule has 0 radical (unpaired) electrons. The van der Waals surface area contributed by atoms with Crippen molar-refractivity contribution in [3.8, 4) is 0 Å². The van der Waals surface area contributed by atoms with Crippen molar-refractivity contribution >= 4 is 28.4 Å². The molecule has 2 amide bonds. The summed E-state index contributed by atoms with van der Waals surface area (Å²) in [5, 5.41) is 8.18. The zero-order valence-corrected chi connectivity index (χ0v) is 13.3. The standard InChI is InChI=1S/C18H18N4O2/c1-12-4-2-6-14-11-20-22(17(12)14)9-8-16(23)21-15-7-3-5-13(10-15)18(19)24/h2-7,10-11H,8-9H2,1H3,(H2,19,24)(H,21,23). The van der Waals surface area contributed by atoms with Crippen molar-refractivity contribution in [2.75, 3.05) is 5.32 Å². The summed E-state index contributed by atoms with van der Waals surface area (Å²) in [6.45, 7) is 2.51. The molecular weight excluding hydrogens is 304 g/mol. The van der Waals surface area contributed by atoms with Gasteiger partial charge in [-0.1, -0.05) is 24.3 Å². The largest absolute Gasteiger partial charge is 0.366 e. The lowest BCUT2D eigenvalue weighted by Gasteiger charge is -2.08. The number of amides is 2. The number of benzene rings is 2. The molecule has 0 aliphatic rings. The van der Waals surface area contributed by atoms with Crippen LogP contribution >= 0.6 is 0 Å². The maximum absolute atomic E-state index is 12.1. The van der Waals surface area contributed by atoms with Crippen molar-refractivity contribution in [3.63, 3.8) is 0 Å². The van der Waals surface area contributed by atoms with Crippen LogP contribution in [0.4, 0.5) is 5.69 Å². The van der Waals surface area contributed by atoms with E-state index in [2.05, 4.69) is 10.4 Å². The van der Waals surface area contributed by atoms with E-state index in [-0.39, 0.29) is 12.3 Å². The number of anilines is 1. The molecule has 24 heavy (non-hydrogen) atoms.